The molecule has 1 aliphatic heterocycles. The molecule has 1 atom stereocenters. The van der Waals surface area contributed by atoms with E-state index < -0.39 is 0 Å². The fourth-order valence-electron chi connectivity index (χ4n) is 3.60. The molecule has 1 saturated heterocycles. The first-order chi connectivity index (χ1) is 14.2. The minimum absolute atomic E-state index is 0.328. The van der Waals surface area contributed by atoms with Crippen LogP contribution >= 0.6 is 0 Å². The van der Waals surface area contributed by atoms with Gasteiger partial charge in [-0.2, -0.15) is 5.10 Å². The monoisotopic (exact) mass is 383 g/mol. The van der Waals surface area contributed by atoms with Crippen LogP contribution in [0.15, 0.2) is 60.8 Å². The molecular formula is C22H22BN5O. The summed E-state index contributed by atoms with van der Waals surface area (Å²) in [5.74, 6) is 3.90. The van der Waals surface area contributed by atoms with Crippen LogP contribution in [0.25, 0.3) is 22.3 Å². The van der Waals surface area contributed by atoms with Crippen LogP contribution in [0.3, 0.4) is 0 Å². The summed E-state index contributed by atoms with van der Waals surface area (Å²) in [7, 11) is 2.14. The summed E-state index contributed by atoms with van der Waals surface area (Å²) in [5.41, 5.74) is 2.77. The summed E-state index contributed by atoms with van der Waals surface area (Å²) in [5, 5.41) is 5.89. The van der Waals surface area contributed by atoms with Crippen molar-refractivity contribution in [1.82, 2.24) is 24.6 Å². The van der Waals surface area contributed by atoms with Gasteiger partial charge in [-0.1, -0.05) is 5.92 Å². The molecule has 0 N–H and O–H groups in total. The van der Waals surface area contributed by atoms with E-state index in [4.69, 9.17) is 16.3 Å². The van der Waals surface area contributed by atoms with Crippen molar-refractivity contribution in [3.05, 3.63) is 60.8 Å². The first-order valence-corrected chi connectivity index (χ1v) is 9.63. The van der Waals surface area contributed by atoms with Crippen LogP contribution in [0.2, 0.25) is 0 Å². The largest absolute Gasteiger partial charge is 0.458 e. The number of aromatic nitrogens is 4. The number of nitrogens with zero attached hydrogens (tertiary/aromatic N) is 5. The lowest BCUT2D eigenvalue weighted by atomic mass is 10.1. The summed E-state index contributed by atoms with van der Waals surface area (Å²) in [4.78, 5) is 11.0. The third-order valence-electron chi connectivity index (χ3n) is 5.08. The highest BCUT2D eigenvalue weighted by Crippen LogP contribution is 2.31. The van der Waals surface area contributed by atoms with Crippen molar-refractivity contribution in [2.45, 2.75) is 19.4 Å². The fraction of sp³-hybridized carbons (Fsp3) is 0.227. The molecule has 1 unspecified atom stereocenters. The number of ether oxygens (including phenoxy) is 1. The summed E-state index contributed by atoms with van der Waals surface area (Å²) in [6.07, 6.45) is 15.0. The molecule has 1 aliphatic rings. The Balaban J connectivity index is 1.65. The first kappa shape index (κ1) is 19.0. The van der Waals surface area contributed by atoms with E-state index in [9.17, 15) is 0 Å². The van der Waals surface area contributed by atoms with Gasteiger partial charge in [0.25, 0.3) is 0 Å². The van der Waals surface area contributed by atoms with Gasteiger partial charge in [0.2, 0.25) is 0 Å². The highest BCUT2D eigenvalue weighted by molar-refractivity contribution is 6.04. The topological polar surface area (TPSA) is 56.1 Å². The van der Waals surface area contributed by atoms with Gasteiger partial charge in [-0.25, -0.2) is 14.6 Å². The molecule has 3 aromatic rings. The molecule has 0 bridgehead atoms. The van der Waals surface area contributed by atoms with E-state index in [1.54, 1.807) is 18.5 Å². The molecule has 3 heterocycles. The van der Waals surface area contributed by atoms with Crippen molar-refractivity contribution in [2.24, 2.45) is 0 Å². The van der Waals surface area contributed by atoms with Gasteiger partial charge in [-0.15, -0.1) is 6.42 Å². The Morgan fingerprint density at radius 1 is 1.34 bits per heavy atom. The number of hydrogen-bond acceptors (Lipinski definition) is 5. The second-order valence-corrected chi connectivity index (χ2v) is 7.08. The average molecular weight is 383 g/mol. The number of hydrogen-bond donors (Lipinski definition) is 0. The molecule has 1 aromatic carbocycles. The molecule has 7 heteroatoms. The summed E-state index contributed by atoms with van der Waals surface area (Å²) in [6, 6.07) is 8.20. The number of terminal acetylenes is 1. The third kappa shape index (κ3) is 3.93. The smallest absolute Gasteiger partial charge is 0.185 e. The molecule has 1 fully saturated rings. The highest BCUT2D eigenvalue weighted by Gasteiger charge is 2.25. The second-order valence-electron chi connectivity index (χ2n) is 7.08. The van der Waals surface area contributed by atoms with Crippen LogP contribution in [0.4, 0.5) is 0 Å². The van der Waals surface area contributed by atoms with Gasteiger partial charge < -0.3 is 9.55 Å². The molecule has 0 aliphatic carbocycles. The van der Waals surface area contributed by atoms with Crippen molar-refractivity contribution < 1.29 is 4.74 Å². The Morgan fingerprint density at radius 2 is 2.17 bits per heavy atom. The Morgan fingerprint density at radius 3 is 2.86 bits per heavy atom. The zero-order chi connectivity index (χ0) is 20.2. The molecule has 0 amide bonds. The average Bonchev–Trinajstić information content (AvgIpc) is 3.35. The van der Waals surface area contributed by atoms with E-state index in [0.717, 1.165) is 47.6 Å². The molecule has 0 saturated carbocycles. The maximum absolute atomic E-state index is 5.87. The van der Waals surface area contributed by atoms with Crippen molar-refractivity contribution in [1.29, 1.82) is 0 Å². The van der Waals surface area contributed by atoms with Crippen LogP contribution in [0, 0.1) is 12.3 Å². The molecule has 6 nitrogen and oxygen atoms in total. The lowest BCUT2D eigenvalue weighted by Crippen LogP contribution is -2.18. The molecule has 0 spiro atoms. The first-order valence-electron chi connectivity index (χ1n) is 9.63. The van der Waals surface area contributed by atoms with Gasteiger partial charge in [0.05, 0.1) is 11.4 Å². The predicted molar refractivity (Wildman–Crippen MR) is 117 cm³/mol. The zero-order valence-electron chi connectivity index (χ0n) is 16.6. The molecule has 0 radical (unpaired) electrons. The number of allylic oxidation sites excluding steroid dienone is 3. The van der Waals surface area contributed by atoms with E-state index in [1.807, 2.05) is 43.5 Å². The molecule has 2 aromatic heterocycles. The fourth-order valence-corrected chi connectivity index (χ4v) is 3.60. The van der Waals surface area contributed by atoms with Crippen LogP contribution in [0.1, 0.15) is 19.4 Å². The maximum Gasteiger partial charge on any atom is 0.185 e. The van der Waals surface area contributed by atoms with Gasteiger partial charge in [0, 0.05) is 18.3 Å². The lowest BCUT2D eigenvalue weighted by molar-refractivity contribution is 0.443. The number of benzene rings is 1. The summed E-state index contributed by atoms with van der Waals surface area (Å²) in [6.45, 7) is 3.95. The van der Waals surface area contributed by atoms with E-state index in [-0.39, 0.29) is 0 Å². The predicted octanol–water partition coefficient (Wildman–Crippen LogP) is 2.76. The van der Waals surface area contributed by atoms with Crippen molar-refractivity contribution in [2.75, 3.05) is 13.1 Å². The van der Waals surface area contributed by atoms with Gasteiger partial charge >= 0.3 is 0 Å². The Labute approximate surface area is 171 Å². The van der Waals surface area contributed by atoms with Gasteiger partial charge in [0.15, 0.2) is 13.6 Å². The van der Waals surface area contributed by atoms with Gasteiger partial charge in [0.1, 0.15) is 23.5 Å². The highest BCUT2D eigenvalue weighted by atomic mass is 16.5. The zero-order valence-corrected chi connectivity index (χ0v) is 16.6. The van der Waals surface area contributed by atoms with Crippen molar-refractivity contribution in [3.8, 4) is 29.4 Å². The molecule has 29 heavy (non-hydrogen) atoms. The van der Waals surface area contributed by atoms with Crippen LogP contribution in [0.5, 0.6) is 5.75 Å². The molecular weight excluding hydrogens is 361 g/mol. The van der Waals surface area contributed by atoms with Gasteiger partial charge in [-0.05, 0) is 62.4 Å². The minimum Gasteiger partial charge on any atom is -0.458 e. The van der Waals surface area contributed by atoms with Crippen LogP contribution in [-0.4, -0.2) is 45.6 Å². The maximum atomic E-state index is 5.87. The Hall–Kier alpha value is -3.37. The summed E-state index contributed by atoms with van der Waals surface area (Å²) < 4.78 is 7.92. The quantitative estimate of drug-likeness (QED) is 0.294. The van der Waals surface area contributed by atoms with E-state index in [1.165, 1.54) is 0 Å². The normalized spacial score (nSPS) is 17.8. The lowest BCUT2D eigenvalue weighted by Gasteiger charge is -2.11. The Kier molecular flexibility index (Phi) is 5.45. The van der Waals surface area contributed by atoms with Crippen molar-refractivity contribution >= 4 is 19.0 Å². The summed E-state index contributed by atoms with van der Waals surface area (Å²) >= 11 is 0. The van der Waals surface area contributed by atoms with E-state index in [2.05, 4.69) is 33.4 Å². The van der Waals surface area contributed by atoms with E-state index >= 15 is 0 Å². The standard InChI is InChI=1S/C22H22BN5O/c1-3-5-6-18(4-2)29-19-9-7-16(8-10-19)21-20-13-24-15-25-22(20)28(26-21)17-11-12-27(23)14-17/h1,4-10,13,15,17H,11-12,14,23H2,2H3/b6-5-,18-4+. The molecule has 144 valence electrons. The number of rotatable bonds is 5. The SMILES string of the molecule is BN1CCC(n2nc(-c3ccc(OC(/C=C\C#C)=C/C)cc3)c3cncnc32)C1. The van der Waals surface area contributed by atoms with Crippen LogP contribution < -0.4 is 4.74 Å². The third-order valence-corrected chi connectivity index (χ3v) is 5.08. The molecule has 4 rings (SSSR count). The number of fused-ring (bicyclic) bond motifs is 1. The van der Waals surface area contributed by atoms with Crippen LogP contribution in [-0.2, 0) is 0 Å². The Bertz CT molecular complexity index is 1110. The minimum atomic E-state index is 0.328. The van der Waals surface area contributed by atoms with E-state index in [0.29, 0.717) is 11.8 Å². The van der Waals surface area contributed by atoms with Crippen molar-refractivity contribution in [3.63, 3.8) is 0 Å². The van der Waals surface area contributed by atoms with Gasteiger partial charge in [-0.3, -0.25) is 0 Å². The second kappa shape index (κ2) is 8.33.